The van der Waals surface area contributed by atoms with E-state index in [1.54, 1.807) is 31.4 Å². The lowest BCUT2D eigenvalue weighted by Crippen LogP contribution is -2.58. The number of unbranched alkanes of at least 4 members (excludes halogenated alkanes) is 1. The summed E-state index contributed by atoms with van der Waals surface area (Å²) in [5, 5.41) is 22.6. The molecule has 1 fully saturated rings. The summed E-state index contributed by atoms with van der Waals surface area (Å²) >= 11 is 1.34. The van der Waals surface area contributed by atoms with Crippen LogP contribution < -0.4 is 21.7 Å². The highest BCUT2D eigenvalue weighted by Crippen LogP contribution is 2.31. The van der Waals surface area contributed by atoms with E-state index in [0.717, 1.165) is 31.4 Å². The van der Waals surface area contributed by atoms with Gasteiger partial charge in [0.25, 0.3) is 11.8 Å². The molecule has 1 aliphatic heterocycles. The quantitative estimate of drug-likeness (QED) is 0.0535. The van der Waals surface area contributed by atoms with E-state index in [1.165, 1.54) is 16.4 Å². The zero-order valence-electron chi connectivity index (χ0n) is 36.2. The Bertz CT molecular complexity index is 1740. The molecule has 14 nitrogen and oxygen atoms in total. The summed E-state index contributed by atoms with van der Waals surface area (Å²) in [5.74, 6) is 0.0493. The molecule has 1 aliphatic rings. The summed E-state index contributed by atoms with van der Waals surface area (Å²) in [6.07, 6.45) is 10.9. The van der Waals surface area contributed by atoms with Gasteiger partial charge < -0.3 is 26.8 Å². The molecule has 1 saturated heterocycles. The van der Waals surface area contributed by atoms with Crippen LogP contribution in [0.5, 0.6) is 0 Å². The number of benzene rings is 1. The van der Waals surface area contributed by atoms with E-state index in [0.29, 0.717) is 42.8 Å². The molecule has 0 spiro atoms. The molecule has 6 atom stereocenters. The van der Waals surface area contributed by atoms with Gasteiger partial charge in [-0.25, -0.2) is 10.0 Å². The SMILES string of the molecule is C#CCCCON(C(=O)[C@@H](NC(=O)[C@H]1CCCCN1C)[C@@H](C)CC)[C@H](C[C@@H](C)c1nc(C(=O)N[C@@H](Cc2ccc(NC(=O)CN)cc2)CC(C)(C)C(=O)O)cs1)C(C)C. The predicted molar refractivity (Wildman–Crippen MR) is 231 cm³/mol. The van der Waals surface area contributed by atoms with Crippen molar-refractivity contribution in [2.75, 3.05) is 32.1 Å². The number of likely N-dealkylation sites (N-methyl/N-ethyl adjacent to an activating group) is 1. The van der Waals surface area contributed by atoms with Gasteiger partial charge in [-0.05, 0) is 95.5 Å². The van der Waals surface area contributed by atoms with Crippen LogP contribution in [0, 0.1) is 29.6 Å². The average Bonchev–Trinajstić information content (AvgIpc) is 3.70. The number of nitrogens with one attached hydrogen (secondary N) is 3. The van der Waals surface area contributed by atoms with E-state index in [4.69, 9.17) is 22.0 Å². The number of carboxylic acids is 1. The van der Waals surface area contributed by atoms with Crippen molar-refractivity contribution in [3.05, 3.63) is 45.9 Å². The van der Waals surface area contributed by atoms with Crippen LogP contribution in [0.3, 0.4) is 0 Å². The van der Waals surface area contributed by atoms with Gasteiger partial charge in [-0.15, -0.1) is 23.7 Å². The monoisotopic (exact) mass is 837 g/mol. The largest absolute Gasteiger partial charge is 0.481 e. The van der Waals surface area contributed by atoms with Gasteiger partial charge in [0.2, 0.25) is 11.8 Å². The highest BCUT2D eigenvalue weighted by molar-refractivity contribution is 7.09. The number of aliphatic carboxylic acids is 1. The minimum absolute atomic E-state index is 0.0427. The topological polar surface area (TPSA) is 196 Å². The van der Waals surface area contributed by atoms with Gasteiger partial charge in [-0.2, -0.15) is 0 Å². The van der Waals surface area contributed by atoms with Crippen molar-refractivity contribution in [1.82, 2.24) is 25.6 Å². The lowest BCUT2D eigenvalue weighted by Gasteiger charge is -2.39. The Balaban J connectivity index is 1.84. The Morgan fingerprint density at radius 1 is 1.12 bits per heavy atom. The summed E-state index contributed by atoms with van der Waals surface area (Å²) in [4.78, 5) is 78.9. The molecule has 1 aromatic heterocycles. The van der Waals surface area contributed by atoms with E-state index >= 15 is 0 Å². The van der Waals surface area contributed by atoms with Crippen LogP contribution in [-0.4, -0.2) is 101 Å². The number of likely N-dealkylation sites (tertiary alicyclic amines) is 1. The van der Waals surface area contributed by atoms with Crippen LogP contribution in [0.1, 0.15) is 127 Å². The summed E-state index contributed by atoms with van der Waals surface area (Å²) in [5.41, 5.74) is 5.91. The first kappa shape index (κ1) is 49.0. The summed E-state index contributed by atoms with van der Waals surface area (Å²) in [7, 11) is 1.95. The van der Waals surface area contributed by atoms with Crippen LogP contribution in [0.15, 0.2) is 29.6 Å². The van der Waals surface area contributed by atoms with E-state index in [-0.39, 0.29) is 66.8 Å². The van der Waals surface area contributed by atoms with Crippen LogP contribution in [0.25, 0.3) is 0 Å². The number of nitrogens with two attached hydrogens (primary N) is 1. The Morgan fingerprint density at radius 3 is 2.41 bits per heavy atom. The van der Waals surface area contributed by atoms with Gasteiger partial charge >= 0.3 is 5.97 Å². The van der Waals surface area contributed by atoms with E-state index < -0.39 is 35.4 Å². The second-order valence-electron chi connectivity index (χ2n) is 16.9. The van der Waals surface area contributed by atoms with Crippen LogP contribution in [-0.2, 0) is 30.4 Å². The number of terminal acetylenes is 1. The number of hydrogen-bond donors (Lipinski definition) is 5. The number of hydrogen-bond acceptors (Lipinski definition) is 10. The highest BCUT2D eigenvalue weighted by atomic mass is 32.1. The Labute approximate surface area is 354 Å². The molecule has 0 aliphatic carbocycles. The molecule has 326 valence electrons. The van der Waals surface area contributed by atoms with Gasteiger partial charge in [0.1, 0.15) is 11.7 Å². The van der Waals surface area contributed by atoms with Crippen molar-refractivity contribution >= 4 is 46.6 Å². The van der Waals surface area contributed by atoms with Gasteiger partial charge in [0, 0.05) is 29.4 Å². The van der Waals surface area contributed by atoms with E-state index in [9.17, 15) is 29.1 Å². The fourth-order valence-corrected chi connectivity index (χ4v) is 8.09. The summed E-state index contributed by atoms with van der Waals surface area (Å²) in [6, 6.07) is 5.05. The molecule has 6 N–H and O–H groups in total. The van der Waals surface area contributed by atoms with Gasteiger partial charge in [-0.1, -0.05) is 59.6 Å². The highest BCUT2D eigenvalue weighted by Gasteiger charge is 2.39. The number of aromatic nitrogens is 1. The van der Waals surface area contributed by atoms with Gasteiger partial charge in [0.05, 0.1) is 35.7 Å². The van der Waals surface area contributed by atoms with Crippen molar-refractivity contribution in [3.8, 4) is 12.3 Å². The minimum atomic E-state index is -1.13. The minimum Gasteiger partial charge on any atom is -0.481 e. The van der Waals surface area contributed by atoms with E-state index in [2.05, 4.69) is 26.8 Å². The van der Waals surface area contributed by atoms with Gasteiger partial charge in [0.15, 0.2) is 0 Å². The van der Waals surface area contributed by atoms with Crippen LogP contribution in [0.4, 0.5) is 5.69 Å². The number of piperidine rings is 1. The van der Waals surface area contributed by atoms with Crippen LogP contribution >= 0.6 is 11.3 Å². The van der Waals surface area contributed by atoms with Crippen molar-refractivity contribution in [1.29, 1.82) is 0 Å². The number of carbonyl (C=O) groups excluding carboxylic acids is 4. The lowest BCUT2D eigenvalue weighted by molar-refractivity contribution is -0.210. The third-order valence-corrected chi connectivity index (χ3v) is 12.3. The second kappa shape index (κ2) is 23.4. The molecule has 0 unspecified atom stereocenters. The third-order valence-electron chi connectivity index (χ3n) is 11.2. The predicted octanol–water partition coefficient (Wildman–Crippen LogP) is 5.59. The van der Waals surface area contributed by atoms with E-state index in [1.807, 2.05) is 53.8 Å². The molecule has 1 aromatic carbocycles. The van der Waals surface area contributed by atoms with Gasteiger partial charge in [-0.3, -0.25) is 33.7 Å². The lowest BCUT2D eigenvalue weighted by atomic mass is 9.84. The fraction of sp³-hybridized carbons (Fsp3) is 0.636. The van der Waals surface area contributed by atoms with Crippen molar-refractivity contribution in [3.63, 3.8) is 0 Å². The smallest absolute Gasteiger partial charge is 0.309 e. The molecule has 2 heterocycles. The van der Waals surface area contributed by atoms with Crippen molar-refractivity contribution in [2.24, 2.45) is 23.0 Å². The number of rotatable bonds is 23. The molecule has 0 radical (unpaired) electrons. The maximum Gasteiger partial charge on any atom is 0.309 e. The molecule has 0 saturated carbocycles. The number of amides is 4. The first-order chi connectivity index (χ1) is 27.9. The molecule has 3 rings (SSSR count). The number of anilines is 1. The fourth-order valence-electron chi connectivity index (χ4n) is 7.21. The number of carboxylic acid groups (broad SMARTS) is 1. The number of hydroxylamine groups is 2. The maximum atomic E-state index is 14.6. The summed E-state index contributed by atoms with van der Waals surface area (Å²) in [6.45, 7) is 14.2. The third kappa shape index (κ3) is 14.7. The first-order valence-corrected chi connectivity index (χ1v) is 21.8. The average molecular weight is 838 g/mol. The zero-order chi connectivity index (χ0) is 43.9. The Hall–Kier alpha value is -4.36. The first-order valence-electron chi connectivity index (χ1n) is 20.9. The second-order valence-corrected chi connectivity index (χ2v) is 17.8. The maximum absolute atomic E-state index is 14.6. The standard InChI is InChI=1S/C44H67N7O7S/c1-10-12-15-22-58-51(42(55)38(29(5)11-2)49-40(54)35-16-13-14-21-50(35)9)36(28(3)4)23-30(6)41-48-34(27-59-41)39(53)47-33(25-44(7,8)43(56)57)24-31-17-19-32(20-18-31)46-37(52)26-45/h1,17-20,27-30,33,35-36,38H,11-16,21-26,45H2,2-9H3,(H,46,52)(H,47,53)(H,49,54)(H,56,57)/t29-,30+,33-,35+,36+,38-/m0/s1. The Morgan fingerprint density at radius 2 is 1.81 bits per heavy atom. The number of nitrogens with zero attached hydrogens (tertiary/aromatic N) is 3. The molecule has 15 heteroatoms. The molecular weight excluding hydrogens is 771 g/mol. The molecule has 0 bridgehead atoms. The normalized spacial score (nSPS) is 17.2. The molecular formula is C44H67N7O7S. The molecule has 59 heavy (non-hydrogen) atoms. The number of carbonyl (C=O) groups is 5. The van der Waals surface area contributed by atoms with Crippen molar-refractivity contribution < 1.29 is 33.9 Å². The molecule has 4 amide bonds. The number of thiazole rings is 1. The van der Waals surface area contributed by atoms with Crippen molar-refractivity contribution in [2.45, 2.75) is 136 Å². The Kier molecular flexibility index (Phi) is 19.5. The van der Waals surface area contributed by atoms with Crippen LogP contribution in [0.2, 0.25) is 0 Å². The zero-order valence-corrected chi connectivity index (χ0v) is 37.0. The molecule has 2 aromatic rings. The summed E-state index contributed by atoms with van der Waals surface area (Å²) < 4.78 is 0.